The summed E-state index contributed by atoms with van der Waals surface area (Å²) in [5, 5.41) is 9.42. The van der Waals surface area contributed by atoms with Crippen LogP contribution in [0.2, 0.25) is 0 Å². The number of methoxy groups -OCH3 is 1. The predicted octanol–water partition coefficient (Wildman–Crippen LogP) is 5.23. The molecule has 12 heteroatoms. The van der Waals surface area contributed by atoms with Crippen molar-refractivity contribution in [3.8, 4) is 22.8 Å². The van der Waals surface area contributed by atoms with E-state index in [-0.39, 0.29) is 23.3 Å². The molecule has 1 aliphatic rings. The summed E-state index contributed by atoms with van der Waals surface area (Å²) in [5.74, 6) is 0.190. The number of esters is 1. The van der Waals surface area contributed by atoms with E-state index in [1.54, 1.807) is 56.3 Å². The lowest BCUT2D eigenvalue weighted by atomic mass is 9.95. The third kappa shape index (κ3) is 5.74. The number of hydrogen-bond acceptors (Lipinski definition) is 9. The summed E-state index contributed by atoms with van der Waals surface area (Å²) in [5.41, 5.74) is 2.48. The number of carbonyl (C=O) groups excluding carboxylic acids is 1. The maximum Gasteiger partial charge on any atom is 0.338 e. The number of hydrogen-bond donors (Lipinski definition) is 1. The van der Waals surface area contributed by atoms with E-state index in [4.69, 9.17) is 18.6 Å². The van der Waals surface area contributed by atoms with Gasteiger partial charge in [-0.1, -0.05) is 33.3 Å². The lowest BCUT2D eigenvalue weighted by molar-refractivity contribution is -0.139. The highest BCUT2D eigenvalue weighted by atomic mass is 79.9. The smallest absolute Gasteiger partial charge is 0.338 e. The molecule has 228 valence electrons. The number of aromatic carboxylic acids is 1. The van der Waals surface area contributed by atoms with Crippen LogP contribution in [-0.4, -0.2) is 41.9 Å². The number of ether oxygens (including phenoxy) is 3. The Morgan fingerprint density at radius 1 is 1.11 bits per heavy atom. The number of benzene rings is 2. The van der Waals surface area contributed by atoms with Crippen LogP contribution in [0.25, 0.3) is 17.4 Å². The number of carbonyl (C=O) groups is 2. The Morgan fingerprint density at radius 3 is 2.57 bits per heavy atom. The minimum Gasteiger partial charge on any atom is -0.493 e. The van der Waals surface area contributed by atoms with Crippen molar-refractivity contribution in [2.24, 2.45) is 4.99 Å². The Morgan fingerprint density at radius 2 is 1.89 bits per heavy atom. The van der Waals surface area contributed by atoms with Gasteiger partial charge >= 0.3 is 11.9 Å². The minimum atomic E-state index is -1.04. The first-order chi connectivity index (χ1) is 21.1. The normalized spacial score (nSPS) is 14.7. The molecule has 10 nitrogen and oxygen atoms in total. The number of allylic oxidation sites excluding steroid dienone is 1. The second-order valence-electron chi connectivity index (χ2n) is 9.80. The molecule has 0 saturated heterocycles. The number of carboxylic acid groups (broad SMARTS) is 1. The summed E-state index contributed by atoms with van der Waals surface area (Å²) in [6, 6.07) is 10.9. The molecule has 1 atom stereocenters. The van der Waals surface area contributed by atoms with Crippen LogP contribution < -0.4 is 24.4 Å². The maximum absolute atomic E-state index is 14.0. The van der Waals surface area contributed by atoms with E-state index in [9.17, 15) is 19.5 Å². The molecular formula is C32H29BrN2O8S. The SMILES string of the molecule is CCOC(=O)C1=C(C)N=c2s/c(=C/c3ccc(-c4cc(C(=O)O)ccc4C)o3)c(=O)n2[C@H]1c1cc(OC)c(OCC)cc1Br. The van der Waals surface area contributed by atoms with Crippen LogP contribution in [0.4, 0.5) is 0 Å². The molecule has 0 radical (unpaired) electrons. The highest BCUT2D eigenvalue weighted by molar-refractivity contribution is 9.10. The molecule has 2 aromatic heterocycles. The van der Waals surface area contributed by atoms with Crippen molar-refractivity contribution in [3.63, 3.8) is 0 Å². The zero-order chi connectivity index (χ0) is 31.7. The van der Waals surface area contributed by atoms with Crippen LogP contribution in [0.3, 0.4) is 0 Å². The number of carboxylic acids is 1. The van der Waals surface area contributed by atoms with Gasteiger partial charge in [-0.25, -0.2) is 14.6 Å². The zero-order valence-electron chi connectivity index (χ0n) is 24.6. The highest BCUT2D eigenvalue weighted by Crippen LogP contribution is 2.41. The first-order valence-electron chi connectivity index (χ1n) is 13.7. The van der Waals surface area contributed by atoms with E-state index in [1.165, 1.54) is 17.7 Å². The van der Waals surface area contributed by atoms with Crippen LogP contribution in [0.1, 0.15) is 54.1 Å². The van der Waals surface area contributed by atoms with E-state index in [0.29, 0.717) is 60.3 Å². The Balaban J connectivity index is 1.67. The van der Waals surface area contributed by atoms with Gasteiger partial charge in [-0.15, -0.1) is 0 Å². The molecule has 4 aromatic rings. The van der Waals surface area contributed by atoms with Gasteiger partial charge < -0.3 is 23.7 Å². The van der Waals surface area contributed by atoms with Gasteiger partial charge in [-0.2, -0.15) is 0 Å². The largest absolute Gasteiger partial charge is 0.493 e. The quantitative estimate of drug-likeness (QED) is 0.238. The summed E-state index contributed by atoms with van der Waals surface area (Å²) in [4.78, 5) is 43.9. The first kappa shape index (κ1) is 31.0. The Hall–Kier alpha value is -4.42. The van der Waals surface area contributed by atoms with E-state index in [0.717, 1.165) is 16.9 Å². The molecule has 1 N–H and O–H groups in total. The molecule has 0 saturated carbocycles. The summed E-state index contributed by atoms with van der Waals surface area (Å²) in [6.45, 7) is 7.71. The van der Waals surface area contributed by atoms with Crippen LogP contribution in [0, 0.1) is 6.92 Å². The fraction of sp³-hybridized carbons (Fsp3) is 0.250. The number of fused-ring (bicyclic) bond motifs is 1. The maximum atomic E-state index is 14.0. The molecule has 0 unspecified atom stereocenters. The standard InChI is InChI=1S/C32H29BrN2O8S/c1-6-41-25-15-22(33)21(14-24(25)40-5)28-27(31(39)42-7-2)17(4)34-32-35(28)29(36)26(44-32)13-19-10-11-23(43-19)20-12-18(30(37)38)9-8-16(20)3/h8-15,28H,6-7H2,1-5H3,(H,37,38)/b26-13+/t28-/m0/s1. The molecule has 1 aliphatic heterocycles. The van der Waals surface area contributed by atoms with Gasteiger partial charge in [0.25, 0.3) is 5.56 Å². The van der Waals surface area contributed by atoms with Crippen LogP contribution in [0.15, 0.2) is 72.4 Å². The van der Waals surface area contributed by atoms with Crippen LogP contribution in [0.5, 0.6) is 11.5 Å². The lowest BCUT2D eigenvalue weighted by Gasteiger charge is -2.26. The molecular weight excluding hydrogens is 652 g/mol. The third-order valence-corrected chi connectivity index (χ3v) is 8.71. The van der Waals surface area contributed by atoms with Gasteiger partial charge in [-0.3, -0.25) is 9.36 Å². The molecule has 44 heavy (non-hydrogen) atoms. The van der Waals surface area contributed by atoms with Gasteiger partial charge in [-0.05, 0) is 75.2 Å². The number of thiazole rings is 1. The molecule has 0 aliphatic carbocycles. The Kier molecular flexibility index (Phi) is 8.93. The molecule has 0 bridgehead atoms. The number of aryl methyl sites for hydroxylation is 1. The van der Waals surface area contributed by atoms with Gasteiger partial charge in [0.05, 0.1) is 47.7 Å². The van der Waals surface area contributed by atoms with Crippen molar-refractivity contribution in [1.82, 2.24) is 4.57 Å². The van der Waals surface area contributed by atoms with Crippen LogP contribution in [-0.2, 0) is 9.53 Å². The number of halogens is 1. The average molecular weight is 682 g/mol. The molecule has 2 aromatic carbocycles. The van der Waals surface area contributed by atoms with Gasteiger partial charge in [0.1, 0.15) is 11.5 Å². The molecule has 0 spiro atoms. The summed E-state index contributed by atoms with van der Waals surface area (Å²) >= 11 is 4.78. The molecule has 3 heterocycles. The van der Waals surface area contributed by atoms with Crippen LogP contribution >= 0.6 is 27.3 Å². The van der Waals surface area contributed by atoms with Crippen molar-refractivity contribution >= 4 is 45.3 Å². The van der Waals surface area contributed by atoms with Crippen molar-refractivity contribution in [3.05, 3.63) is 100 Å². The molecule has 0 fully saturated rings. The zero-order valence-corrected chi connectivity index (χ0v) is 27.0. The number of aromatic nitrogens is 1. The second-order valence-corrected chi connectivity index (χ2v) is 11.7. The van der Waals surface area contributed by atoms with Gasteiger partial charge in [0, 0.05) is 16.1 Å². The minimum absolute atomic E-state index is 0.140. The molecule has 0 amide bonds. The number of rotatable bonds is 9. The second kappa shape index (κ2) is 12.7. The summed E-state index contributed by atoms with van der Waals surface area (Å²) < 4.78 is 25.2. The van der Waals surface area contributed by atoms with E-state index < -0.39 is 18.0 Å². The highest BCUT2D eigenvalue weighted by Gasteiger charge is 2.35. The summed E-state index contributed by atoms with van der Waals surface area (Å²) in [6.07, 6.45) is 1.61. The predicted molar refractivity (Wildman–Crippen MR) is 168 cm³/mol. The van der Waals surface area contributed by atoms with E-state index >= 15 is 0 Å². The van der Waals surface area contributed by atoms with E-state index in [2.05, 4.69) is 20.9 Å². The summed E-state index contributed by atoms with van der Waals surface area (Å²) in [7, 11) is 1.52. The monoisotopic (exact) mass is 680 g/mol. The molecule has 5 rings (SSSR count). The Bertz CT molecular complexity index is 2000. The van der Waals surface area contributed by atoms with Gasteiger partial charge in [0.15, 0.2) is 16.3 Å². The number of furan rings is 1. The van der Waals surface area contributed by atoms with E-state index in [1.807, 2.05) is 13.8 Å². The third-order valence-electron chi connectivity index (χ3n) is 7.04. The van der Waals surface area contributed by atoms with Crippen molar-refractivity contribution in [2.75, 3.05) is 20.3 Å². The average Bonchev–Trinajstić information content (AvgIpc) is 3.57. The van der Waals surface area contributed by atoms with Crippen molar-refractivity contribution < 1.29 is 33.3 Å². The van der Waals surface area contributed by atoms with Crippen molar-refractivity contribution in [2.45, 2.75) is 33.7 Å². The lowest BCUT2D eigenvalue weighted by Crippen LogP contribution is -2.40. The fourth-order valence-corrected chi connectivity index (χ4v) is 6.56. The Labute approximate surface area is 264 Å². The number of nitrogens with zero attached hydrogens (tertiary/aromatic N) is 2. The first-order valence-corrected chi connectivity index (χ1v) is 15.3. The topological polar surface area (TPSA) is 130 Å². The van der Waals surface area contributed by atoms with Crippen molar-refractivity contribution in [1.29, 1.82) is 0 Å². The fourth-order valence-electron chi connectivity index (χ4n) is 5.00. The van der Waals surface area contributed by atoms with Gasteiger partial charge in [0.2, 0.25) is 0 Å².